The molecule has 94 valence electrons. The molecule has 1 rings (SSSR count). The van der Waals surface area contributed by atoms with E-state index < -0.39 is 5.97 Å². The quantitative estimate of drug-likeness (QED) is 0.618. The second-order valence-electron chi connectivity index (χ2n) is 3.34. The van der Waals surface area contributed by atoms with Crippen molar-refractivity contribution in [3.05, 3.63) is 66.2 Å². The first-order valence-corrected chi connectivity index (χ1v) is 5.32. The molecule has 4 heteroatoms. The maximum Gasteiger partial charge on any atom is 0.335 e. The van der Waals surface area contributed by atoms with Gasteiger partial charge in [0.1, 0.15) is 11.5 Å². The van der Waals surface area contributed by atoms with Crippen molar-refractivity contribution in [2.75, 3.05) is 0 Å². The van der Waals surface area contributed by atoms with Crippen LogP contribution in [-0.4, -0.2) is 16.2 Å². The van der Waals surface area contributed by atoms with Gasteiger partial charge in [-0.1, -0.05) is 6.08 Å². The molecule has 0 saturated heterocycles. The lowest BCUT2D eigenvalue weighted by atomic mass is 10.2. The van der Waals surface area contributed by atoms with Crippen molar-refractivity contribution < 1.29 is 19.7 Å². The molecule has 0 atom stereocenters. The Morgan fingerprint density at radius 2 is 1.94 bits per heavy atom. The fourth-order valence-electron chi connectivity index (χ4n) is 1.23. The minimum Gasteiger partial charge on any atom is -0.516 e. The number of benzene rings is 1. The van der Waals surface area contributed by atoms with Crippen LogP contribution in [0.1, 0.15) is 17.3 Å². The van der Waals surface area contributed by atoms with Gasteiger partial charge in [0.2, 0.25) is 0 Å². The molecule has 0 aliphatic heterocycles. The molecule has 4 nitrogen and oxygen atoms in total. The molecule has 0 heterocycles. The normalized spacial score (nSPS) is 12.2. The monoisotopic (exact) mass is 246 g/mol. The van der Waals surface area contributed by atoms with E-state index in [1.165, 1.54) is 18.2 Å². The van der Waals surface area contributed by atoms with Crippen LogP contribution in [-0.2, 0) is 0 Å². The molecule has 0 fully saturated rings. The van der Waals surface area contributed by atoms with Crippen molar-refractivity contribution in [2.24, 2.45) is 0 Å². The number of aliphatic hydroxyl groups excluding tert-OH is 1. The lowest BCUT2D eigenvalue weighted by Gasteiger charge is -2.06. The number of hydrogen-bond donors (Lipinski definition) is 2. The highest BCUT2D eigenvalue weighted by molar-refractivity contribution is 5.87. The van der Waals surface area contributed by atoms with Crippen LogP contribution in [0.15, 0.2) is 60.6 Å². The number of carboxylic acid groups (broad SMARTS) is 1. The summed E-state index contributed by atoms with van der Waals surface area (Å²) in [6.45, 7) is 1.84. The Bertz CT molecular complexity index is 481. The summed E-state index contributed by atoms with van der Waals surface area (Å²) in [4.78, 5) is 10.7. The van der Waals surface area contributed by atoms with Crippen LogP contribution < -0.4 is 4.74 Å². The molecule has 0 unspecified atom stereocenters. The molecule has 2 N–H and O–H groups in total. The smallest absolute Gasteiger partial charge is 0.335 e. The maximum absolute atomic E-state index is 10.7. The van der Waals surface area contributed by atoms with Crippen molar-refractivity contribution >= 4 is 5.97 Å². The summed E-state index contributed by atoms with van der Waals surface area (Å²) in [5, 5.41) is 17.3. The second-order valence-corrected chi connectivity index (χ2v) is 3.34. The van der Waals surface area contributed by atoms with Crippen molar-refractivity contribution in [3.63, 3.8) is 0 Å². The van der Waals surface area contributed by atoms with Gasteiger partial charge in [0, 0.05) is 0 Å². The van der Waals surface area contributed by atoms with E-state index >= 15 is 0 Å². The van der Waals surface area contributed by atoms with E-state index in [4.69, 9.17) is 14.9 Å². The summed E-state index contributed by atoms with van der Waals surface area (Å²) in [5.74, 6) is 0.0792. The fourth-order valence-corrected chi connectivity index (χ4v) is 1.23. The standard InChI is InChI=1S/C14H14O4/c1-2-4-12(5-3-10-15)18-13-8-6-11(7-9-13)14(16)17/h2-10,15H,1H3,(H,16,17)/b4-2-,10-3+,12-5+. The highest BCUT2D eigenvalue weighted by atomic mass is 16.5. The zero-order chi connectivity index (χ0) is 13.4. The molecule has 0 aliphatic carbocycles. The average molecular weight is 246 g/mol. The summed E-state index contributed by atoms with van der Waals surface area (Å²) >= 11 is 0. The van der Waals surface area contributed by atoms with E-state index in [1.54, 1.807) is 30.4 Å². The third-order valence-corrected chi connectivity index (χ3v) is 2.01. The molecular formula is C14H14O4. The molecule has 0 saturated carbocycles. The summed E-state index contributed by atoms with van der Waals surface area (Å²) in [5.41, 5.74) is 0.203. The molecule has 1 aromatic rings. The van der Waals surface area contributed by atoms with Crippen molar-refractivity contribution in [2.45, 2.75) is 6.92 Å². The number of allylic oxidation sites excluding steroid dienone is 4. The molecule has 1 aromatic carbocycles. The number of carbonyl (C=O) groups is 1. The van der Waals surface area contributed by atoms with Gasteiger partial charge in [-0.15, -0.1) is 0 Å². The highest BCUT2D eigenvalue weighted by Crippen LogP contribution is 2.16. The predicted molar refractivity (Wildman–Crippen MR) is 68.7 cm³/mol. The first-order valence-electron chi connectivity index (χ1n) is 5.32. The van der Waals surface area contributed by atoms with Gasteiger partial charge in [0.05, 0.1) is 11.8 Å². The molecule has 0 aromatic heterocycles. The van der Waals surface area contributed by atoms with Crippen LogP contribution in [0.3, 0.4) is 0 Å². The van der Waals surface area contributed by atoms with E-state index in [0.717, 1.165) is 6.26 Å². The van der Waals surface area contributed by atoms with E-state index in [1.807, 2.05) is 6.92 Å². The van der Waals surface area contributed by atoms with Gasteiger partial charge in [-0.25, -0.2) is 4.79 Å². The third kappa shape index (κ3) is 4.17. The predicted octanol–water partition coefficient (Wildman–Crippen LogP) is 3.30. The summed E-state index contributed by atoms with van der Waals surface area (Å²) in [7, 11) is 0. The summed E-state index contributed by atoms with van der Waals surface area (Å²) < 4.78 is 5.51. The topological polar surface area (TPSA) is 66.8 Å². The molecular weight excluding hydrogens is 232 g/mol. The second kappa shape index (κ2) is 6.96. The minimum atomic E-state index is -0.978. The largest absolute Gasteiger partial charge is 0.516 e. The number of hydrogen-bond acceptors (Lipinski definition) is 3. The molecule has 0 radical (unpaired) electrons. The molecule has 0 aliphatic rings. The Balaban J connectivity index is 2.84. The SMILES string of the molecule is C\C=C/C(=C\C=C\O)Oc1ccc(C(=O)O)cc1. The maximum atomic E-state index is 10.7. The third-order valence-electron chi connectivity index (χ3n) is 2.01. The van der Waals surface area contributed by atoms with E-state index in [2.05, 4.69) is 0 Å². The van der Waals surface area contributed by atoms with E-state index in [0.29, 0.717) is 11.5 Å². The zero-order valence-electron chi connectivity index (χ0n) is 9.91. The van der Waals surface area contributed by atoms with Gasteiger partial charge in [-0.3, -0.25) is 0 Å². The Morgan fingerprint density at radius 1 is 1.28 bits per heavy atom. The van der Waals surface area contributed by atoms with E-state index in [9.17, 15) is 4.79 Å². The van der Waals surface area contributed by atoms with Crippen molar-refractivity contribution in [1.82, 2.24) is 0 Å². The minimum absolute atomic E-state index is 0.203. The first-order chi connectivity index (χ1) is 8.67. The average Bonchev–Trinajstić information content (AvgIpc) is 2.37. The summed E-state index contributed by atoms with van der Waals surface area (Å²) in [6, 6.07) is 6.08. The number of carboxylic acids is 1. The number of rotatable bonds is 5. The van der Waals surface area contributed by atoms with Crippen LogP contribution in [0, 0.1) is 0 Å². The number of aliphatic hydroxyl groups is 1. The molecule has 18 heavy (non-hydrogen) atoms. The van der Waals surface area contributed by atoms with Crippen LogP contribution >= 0.6 is 0 Å². The van der Waals surface area contributed by atoms with Crippen molar-refractivity contribution in [3.8, 4) is 5.75 Å². The van der Waals surface area contributed by atoms with Gasteiger partial charge in [-0.05, 0) is 49.4 Å². The van der Waals surface area contributed by atoms with Crippen molar-refractivity contribution in [1.29, 1.82) is 0 Å². The Kier molecular flexibility index (Phi) is 5.25. The number of ether oxygens (including phenoxy) is 1. The Labute approximate surface area is 105 Å². The Morgan fingerprint density at radius 3 is 2.44 bits per heavy atom. The molecule has 0 spiro atoms. The van der Waals surface area contributed by atoms with Gasteiger partial charge in [-0.2, -0.15) is 0 Å². The van der Waals surface area contributed by atoms with Crippen LogP contribution in [0.2, 0.25) is 0 Å². The van der Waals surface area contributed by atoms with Gasteiger partial charge in [0.15, 0.2) is 0 Å². The van der Waals surface area contributed by atoms with Gasteiger partial charge >= 0.3 is 5.97 Å². The summed E-state index contributed by atoms with van der Waals surface area (Å²) in [6.07, 6.45) is 7.44. The lowest BCUT2D eigenvalue weighted by Crippen LogP contribution is -1.96. The lowest BCUT2D eigenvalue weighted by molar-refractivity contribution is 0.0697. The van der Waals surface area contributed by atoms with Crippen LogP contribution in [0.5, 0.6) is 5.75 Å². The first kappa shape index (κ1) is 13.6. The fraction of sp³-hybridized carbons (Fsp3) is 0.0714. The van der Waals surface area contributed by atoms with E-state index in [-0.39, 0.29) is 5.56 Å². The Hall–Kier alpha value is -2.49. The molecule has 0 bridgehead atoms. The van der Waals surface area contributed by atoms with Gasteiger partial charge < -0.3 is 14.9 Å². The van der Waals surface area contributed by atoms with Crippen LogP contribution in [0.25, 0.3) is 0 Å². The van der Waals surface area contributed by atoms with Crippen LogP contribution in [0.4, 0.5) is 0 Å². The highest BCUT2D eigenvalue weighted by Gasteiger charge is 2.02. The number of aromatic carboxylic acids is 1. The molecule has 0 amide bonds. The van der Waals surface area contributed by atoms with Gasteiger partial charge in [0.25, 0.3) is 0 Å². The zero-order valence-corrected chi connectivity index (χ0v) is 9.91.